The predicted octanol–water partition coefficient (Wildman–Crippen LogP) is 0.00430. The van der Waals surface area contributed by atoms with Crippen molar-refractivity contribution < 1.29 is 33.8 Å². The number of alkyl halides is 1. The lowest BCUT2D eigenvalue weighted by Crippen LogP contribution is -2.56. The fraction of sp³-hybridized carbons (Fsp3) is 0.706. The molecule has 0 aliphatic heterocycles. The molecule has 4 amide bonds. The zero-order valence-corrected chi connectivity index (χ0v) is 18.5. The minimum absolute atomic E-state index is 0.189. The van der Waals surface area contributed by atoms with Crippen LogP contribution in [0.4, 0.5) is 4.79 Å². The Morgan fingerprint density at radius 1 is 1.07 bits per heavy atom. The molecule has 0 spiro atoms. The number of nitrogens with one attached hydrogen (secondary N) is 3. The summed E-state index contributed by atoms with van der Waals surface area (Å²) in [4.78, 5) is 57.8. The first-order chi connectivity index (χ1) is 13.3. The molecule has 0 unspecified atom stereocenters. The largest absolute Gasteiger partial charge is 0.480 e. The Hall–Kier alpha value is -2.37. The van der Waals surface area contributed by atoms with Gasteiger partial charge in [0.05, 0.1) is 0 Å². The molecule has 6 N–H and O–H groups in total. The second kappa shape index (κ2) is 12.2. The molecule has 0 saturated heterocycles. The van der Waals surface area contributed by atoms with Crippen molar-refractivity contribution in [2.24, 2.45) is 5.73 Å². The fourth-order valence-electron chi connectivity index (χ4n) is 2.06. The van der Waals surface area contributed by atoms with Gasteiger partial charge in [-0.1, -0.05) is 29.3 Å². The van der Waals surface area contributed by atoms with E-state index in [0.717, 1.165) is 0 Å². The van der Waals surface area contributed by atoms with Crippen molar-refractivity contribution in [2.45, 2.75) is 69.5 Å². The molecule has 12 heteroatoms. The van der Waals surface area contributed by atoms with Crippen LogP contribution in [-0.4, -0.2) is 63.9 Å². The summed E-state index contributed by atoms with van der Waals surface area (Å²) in [5.74, 6) is -3.36. The molecule has 0 bridgehead atoms. The first kappa shape index (κ1) is 26.6. The average molecular weight is 481 g/mol. The molecule has 0 aliphatic carbocycles. The van der Waals surface area contributed by atoms with Gasteiger partial charge < -0.3 is 31.5 Å². The van der Waals surface area contributed by atoms with E-state index < -0.39 is 52.3 Å². The number of carbonyl (C=O) groups is 5. The predicted molar refractivity (Wildman–Crippen MR) is 107 cm³/mol. The number of rotatable bonds is 11. The third kappa shape index (κ3) is 11.9. The average Bonchev–Trinajstić information content (AvgIpc) is 2.55. The Balaban J connectivity index is 5.20. The summed E-state index contributed by atoms with van der Waals surface area (Å²) >= 11 is 3.00. The summed E-state index contributed by atoms with van der Waals surface area (Å²) in [7, 11) is 0. The van der Waals surface area contributed by atoms with Crippen LogP contribution >= 0.6 is 15.9 Å². The number of hydrogen-bond donors (Lipinski definition) is 5. The summed E-state index contributed by atoms with van der Waals surface area (Å²) in [6.07, 6.45) is -0.480. The minimum atomic E-state index is -1.30. The highest BCUT2D eigenvalue weighted by Gasteiger charge is 2.29. The molecule has 0 aromatic heterocycles. The molecule has 166 valence electrons. The molecule has 0 aromatic rings. The van der Waals surface area contributed by atoms with Crippen LogP contribution in [0, 0.1) is 0 Å². The Labute approximate surface area is 177 Å². The smallest absolute Gasteiger partial charge is 0.408 e. The zero-order valence-electron chi connectivity index (χ0n) is 16.9. The molecule has 0 aliphatic rings. The van der Waals surface area contributed by atoms with E-state index >= 15 is 0 Å². The van der Waals surface area contributed by atoms with E-state index in [2.05, 4.69) is 31.9 Å². The van der Waals surface area contributed by atoms with Crippen LogP contribution < -0.4 is 21.7 Å². The number of hydrogen-bond acceptors (Lipinski definition) is 6. The van der Waals surface area contributed by atoms with Gasteiger partial charge >= 0.3 is 12.1 Å². The number of nitrogens with two attached hydrogens (primary N) is 1. The third-order valence-electron chi connectivity index (χ3n) is 3.34. The van der Waals surface area contributed by atoms with Gasteiger partial charge in [0.2, 0.25) is 17.7 Å². The number of carbonyl (C=O) groups excluding carboxylic acids is 4. The van der Waals surface area contributed by atoms with Gasteiger partial charge in [0, 0.05) is 13.0 Å². The SMILES string of the molecule is CCC[C@H](NC(=O)[C@H](CNC(=O)[C@@H](Br)CC(N)=O)NC(=O)OC(C)(C)C)C(=O)O. The van der Waals surface area contributed by atoms with Crippen LogP contribution in [0.15, 0.2) is 0 Å². The monoisotopic (exact) mass is 480 g/mol. The highest BCUT2D eigenvalue weighted by molar-refractivity contribution is 9.10. The minimum Gasteiger partial charge on any atom is -0.480 e. The maximum atomic E-state index is 12.5. The summed E-state index contributed by atoms with van der Waals surface area (Å²) in [6, 6.07) is -2.45. The topological polar surface area (TPSA) is 177 Å². The van der Waals surface area contributed by atoms with Crippen LogP contribution in [0.2, 0.25) is 0 Å². The molecule has 0 radical (unpaired) electrons. The molecule has 0 heterocycles. The summed E-state index contributed by atoms with van der Waals surface area (Å²) in [5.41, 5.74) is 4.20. The lowest BCUT2D eigenvalue weighted by molar-refractivity contribution is -0.142. The van der Waals surface area contributed by atoms with E-state index in [-0.39, 0.29) is 19.4 Å². The Morgan fingerprint density at radius 3 is 2.10 bits per heavy atom. The molecule has 0 fully saturated rings. The van der Waals surface area contributed by atoms with E-state index in [4.69, 9.17) is 10.5 Å². The Kier molecular flexibility index (Phi) is 11.2. The lowest BCUT2D eigenvalue weighted by Gasteiger charge is -2.25. The summed E-state index contributed by atoms with van der Waals surface area (Å²) < 4.78 is 5.10. The van der Waals surface area contributed by atoms with E-state index in [1.807, 2.05) is 0 Å². The maximum absolute atomic E-state index is 12.5. The molecule has 0 aromatic carbocycles. The number of halogens is 1. The van der Waals surface area contributed by atoms with E-state index in [9.17, 15) is 29.1 Å². The highest BCUT2D eigenvalue weighted by atomic mass is 79.9. The van der Waals surface area contributed by atoms with Gasteiger partial charge in [0.25, 0.3) is 0 Å². The second-order valence-corrected chi connectivity index (χ2v) is 8.38. The third-order valence-corrected chi connectivity index (χ3v) is 4.08. The van der Waals surface area contributed by atoms with Gasteiger partial charge in [-0.25, -0.2) is 9.59 Å². The normalized spacial score (nSPS) is 14.1. The van der Waals surface area contributed by atoms with Crippen molar-refractivity contribution in [1.29, 1.82) is 0 Å². The molecule has 3 atom stereocenters. The van der Waals surface area contributed by atoms with Crippen molar-refractivity contribution in [3.8, 4) is 0 Å². The molecular formula is C17H29BrN4O7. The van der Waals surface area contributed by atoms with Gasteiger partial charge in [0.15, 0.2) is 0 Å². The van der Waals surface area contributed by atoms with Crippen molar-refractivity contribution in [1.82, 2.24) is 16.0 Å². The van der Waals surface area contributed by atoms with Crippen LogP contribution in [0.5, 0.6) is 0 Å². The number of ether oxygens (including phenoxy) is 1. The number of aliphatic carboxylic acids is 1. The van der Waals surface area contributed by atoms with Gasteiger partial charge in [-0.15, -0.1) is 0 Å². The zero-order chi connectivity index (χ0) is 22.8. The Morgan fingerprint density at radius 2 is 1.66 bits per heavy atom. The lowest BCUT2D eigenvalue weighted by atomic mass is 10.1. The quantitative estimate of drug-likeness (QED) is 0.258. The number of carboxylic acid groups (broad SMARTS) is 1. The fourth-order valence-corrected chi connectivity index (χ4v) is 2.54. The van der Waals surface area contributed by atoms with Gasteiger partial charge in [-0.3, -0.25) is 14.4 Å². The number of primary amides is 1. The number of carboxylic acids is 1. The van der Waals surface area contributed by atoms with Crippen molar-refractivity contribution in [3.05, 3.63) is 0 Å². The van der Waals surface area contributed by atoms with E-state index in [0.29, 0.717) is 6.42 Å². The first-order valence-electron chi connectivity index (χ1n) is 8.99. The number of alkyl carbamates (subject to hydrolysis) is 1. The van der Waals surface area contributed by atoms with Gasteiger partial charge in [0.1, 0.15) is 22.5 Å². The number of amides is 4. The first-order valence-corrected chi connectivity index (χ1v) is 9.91. The summed E-state index contributed by atoms with van der Waals surface area (Å²) in [5, 5.41) is 16.2. The van der Waals surface area contributed by atoms with Gasteiger partial charge in [-0.2, -0.15) is 0 Å². The highest BCUT2D eigenvalue weighted by Crippen LogP contribution is 2.08. The molecule has 0 rings (SSSR count). The second-order valence-electron chi connectivity index (χ2n) is 7.27. The van der Waals surface area contributed by atoms with Crippen LogP contribution in [-0.2, 0) is 23.9 Å². The van der Waals surface area contributed by atoms with E-state index in [1.54, 1.807) is 27.7 Å². The van der Waals surface area contributed by atoms with Crippen LogP contribution in [0.1, 0.15) is 47.0 Å². The van der Waals surface area contributed by atoms with Crippen molar-refractivity contribution >= 4 is 45.7 Å². The van der Waals surface area contributed by atoms with Crippen molar-refractivity contribution in [3.63, 3.8) is 0 Å². The molecule has 0 saturated carbocycles. The standard InChI is InChI=1S/C17H29BrN4O7/c1-5-6-10(15(26)27)21-14(25)11(22-16(28)29-17(2,3)4)8-20-13(24)9(18)7-12(19)23/h9-11H,5-8H2,1-4H3,(H2,19,23)(H,20,24)(H,21,25)(H,22,28)(H,26,27)/t9-,10-,11-/m0/s1. The maximum Gasteiger partial charge on any atom is 0.408 e. The molecule has 29 heavy (non-hydrogen) atoms. The van der Waals surface area contributed by atoms with E-state index in [1.165, 1.54) is 0 Å². The van der Waals surface area contributed by atoms with Crippen LogP contribution in [0.3, 0.4) is 0 Å². The molecule has 11 nitrogen and oxygen atoms in total. The Bertz CT molecular complexity index is 621. The summed E-state index contributed by atoms with van der Waals surface area (Å²) in [6.45, 7) is 6.29. The van der Waals surface area contributed by atoms with Crippen molar-refractivity contribution in [2.75, 3.05) is 6.54 Å². The van der Waals surface area contributed by atoms with Gasteiger partial charge in [-0.05, 0) is 27.2 Å². The molecular weight excluding hydrogens is 452 g/mol. The van der Waals surface area contributed by atoms with Crippen LogP contribution in [0.25, 0.3) is 0 Å².